The van der Waals surface area contributed by atoms with Gasteiger partial charge < -0.3 is 8.83 Å². The third kappa shape index (κ3) is 4.67. The molecule has 0 aliphatic rings. The molecule has 0 bridgehead atoms. The largest absolute Gasteiger partial charge is 0.456 e. The van der Waals surface area contributed by atoms with Gasteiger partial charge in [0.15, 0.2) is 17.5 Å². The molecule has 0 N–H and O–H groups in total. The summed E-state index contributed by atoms with van der Waals surface area (Å²) in [6.45, 7) is 0. The maximum Gasteiger partial charge on any atom is 0.164 e. The number of para-hydroxylation sites is 2. The molecule has 3 heterocycles. The number of aromatic nitrogens is 3. The Morgan fingerprint density at radius 1 is 0.300 bits per heavy atom. The quantitative estimate of drug-likeness (QED) is 0.187. The number of hydrogen-bond acceptors (Lipinski definition) is 5. The smallest absolute Gasteiger partial charge is 0.164 e. The summed E-state index contributed by atoms with van der Waals surface area (Å²) in [5.74, 6) is 1.72. The third-order valence-corrected chi connectivity index (χ3v) is 9.36. The lowest BCUT2D eigenvalue weighted by Gasteiger charge is -2.12. The maximum absolute atomic E-state index is 6.47. The first kappa shape index (κ1) is 28.2. The van der Waals surface area contributed by atoms with Crippen molar-refractivity contribution in [2.75, 3.05) is 0 Å². The Labute approximate surface area is 287 Å². The Balaban J connectivity index is 1.26. The fourth-order valence-corrected chi connectivity index (χ4v) is 6.98. The average molecular weight is 642 g/mol. The SMILES string of the molecule is c1ccc(-c2ccc(-c3nc(-c4cccc5oc6ccccc6c45)nc(-c4cc(-c5ccccc5)cc5oc6ccccc6c45)n3)cc2)cc1. The average Bonchev–Trinajstić information content (AvgIpc) is 3.77. The van der Waals surface area contributed by atoms with Gasteiger partial charge in [-0.15, -0.1) is 0 Å². The molecule has 10 rings (SSSR count). The molecule has 0 amide bonds. The van der Waals surface area contributed by atoms with Gasteiger partial charge >= 0.3 is 0 Å². The number of fused-ring (bicyclic) bond motifs is 6. The van der Waals surface area contributed by atoms with Crippen molar-refractivity contribution >= 4 is 43.9 Å². The van der Waals surface area contributed by atoms with Gasteiger partial charge in [0, 0.05) is 38.2 Å². The first-order chi connectivity index (χ1) is 24.8. The lowest BCUT2D eigenvalue weighted by molar-refractivity contribution is 0.668. The first-order valence-electron chi connectivity index (χ1n) is 16.6. The summed E-state index contributed by atoms with van der Waals surface area (Å²) in [7, 11) is 0. The molecule has 5 heteroatoms. The van der Waals surface area contributed by atoms with Crippen molar-refractivity contribution in [3.63, 3.8) is 0 Å². The van der Waals surface area contributed by atoms with Crippen molar-refractivity contribution in [1.29, 1.82) is 0 Å². The summed E-state index contributed by atoms with van der Waals surface area (Å²) in [5, 5.41) is 3.97. The van der Waals surface area contributed by atoms with Gasteiger partial charge in [-0.2, -0.15) is 0 Å². The maximum atomic E-state index is 6.47. The molecule has 234 valence electrons. The topological polar surface area (TPSA) is 65.0 Å². The van der Waals surface area contributed by atoms with Crippen molar-refractivity contribution in [1.82, 2.24) is 15.0 Å². The number of hydrogen-bond donors (Lipinski definition) is 0. The third-order valence-electron chi connectivity index (χ3n) is 9.36. The molecule has 0 aliphatic heterocycles. The van der Waals surface area contributed by atoms with E-state index in [9.17, 15) is 0 Å². The summed E-state index contributed by atoms with van der Waals surface area (Å²) >= 11 is 0. The highest BCUT2D eigenvalue weighted by atomic mass is 16.3. The number of nitrogens with zero attached hydrogens (tertiary/aromatic N) is 3. The minimum Gasteiger partial charge on any atom is -0.456 e. The van der Waals surface area contributed by atoms with Crippen molar-refractivity contribution in [2.45, 2.75) is 0 Å². The van der Waals surface area contributed by atoms with Crippen LogP contribution in [-0.2, 0) is 0 Å². The van der Waals surface area contributed by atoms with Crippen molar-refractivity contribution in [3.8, 4) is 56.4 Å². The second-order valence-corrected chi connectivity index (χ2v) is 12.4. The first-order valence-corrected chi connectivity index (χ1v) is 16.6. The Hall–Kier alpha value is -6.85. The van der Waals surface area contributed by atoms with Crippen LogP contribution in [0.25, 0.3) is 100 Å². The van der Waals surface area contributed by atoms with E-state index in [0.717, 1.165) is 82.8 Å². The second kappa shape index (κ2) is 11.4. The van der Waals surface area contributed by atoms with Crippen LogP contribution in [0.3, 0.4) is 0 Å². The van der Waals surface area contributed by atoms with E-state index < -0.39 is 0 Å². The van der Waals surface area contributed by atoms with Crippen LogP contribution < -0.4 is 0 Å². The lowest BCUT2D eigenvalue weighted by Crippen LogP contribution is -2.01. The number of rotatable bonds is 5. The molecule has 7 aromatic carbocycles. The Morgan fingerprint density at radius 3 is 1.46 bits per heavy atom. The zero-order chi connectivity index (χ0) is 33.0. The van der Waals surface area contributed by atoms with E-state index in [1.54, 1.807) is 0 Å². The zero-order valence-electron chi connectivity index (χ0n) is 26.7. The summed E-state index contributed by atoms with van der Waals surface area (Å²) in [4.78, 5) is 15.6. The standard InChI is InChI=1S/C45H27N3O2/c1-3-12-28(13-4-1)30-22-24-31(25-23-30)43-46-44(35-18-11-21-39-41(35)33-16-7-9-19-37(33)49-39)48-45(47-43)36-26-32(29-14-5-2-6-15-29)27-40-42(36)34-17-8-10-20-38(34)50-40/h1-27H. The van der Waals surface area contributed by atoms with Crippen LogP contribution in [0.15, 0.2) is 173 Å². The zero-order valence-corrected chi connectivity index (χ0v) is 26.7. The predicted octanol–water partition coefficient (Wildman–Crippen LogP) is 12.0. The van der Waals surface area contributed by atoms with Gasteiger partial charge in [0.25, 0.3) is 0 Å². The fourth-order valence-electron chi connectivity index (χ4n) is 6.98. The van der Waals surface area contributed by atoms with E-state index in [4.69, 9.17) is 23.8 Å². The van der Waals surface area contributed by atoms with Crippen LogP contribution in [-0.4, -0.2) is 15.0 Å². The second-order valence-electron chi connectivity index (χ2n) is 12.4. The van der Waals surface area contributed by atoms with Crippen molar-refractivity contribution in [3.05, 3.63) is 164 Å². The van der Waals surface area contributed by atoms with Crippen LogP contribution in [0, 0.1) is 0 Å². The highest BCUT2D eigenvalue weighted by Gasteiger charge is 2.21. The molecule has 0 radical (unpaired) electrons. The van der Waals surface area contributed by atoms with Gasteiger partial charge in [-0.1, -0.05) is 133 Å². The van der Waals surface area contributed by atoms with Gasteiger partial charge in [0.2, 0.25) is 0 Å². The number of benzene rings is 7. The van der Waals surface area contributed by atoms with Gasteiger partial charge in [-0.05, 0) is 52.6 Å². The molecule has 0 unspecified atom stereocenters. The minimum atomic E-state index is 0.566. The van der Waals surface area contributed by atoms with Crippen LogP contribution in [0.2, 0.25) is 0 Å². The van der Waals surface area contributed by atoms with Gasteiger partial charge in [-0.3, -0.25) is 0 Å². The van der Waals surface area contributed by atoms with Crippen LogP contribution in [0.1, 0.15) is 0 Å². The van der Waals surface area contributed by atoms with E-state index in [0.29, 0.717) is 17.5 Å². The lowest BCUT2D eigenvalue weighted by atomic mass is 9.98. The summed E-state index contributed by atoms with van der Waals surface area (Å²) in [6.07, 6.45) is 0. The highest BCUT2D eigenvalue weighted by Crippen LogP contribution is 2.41. The summed E-state index contributed by atoms with van der Waals surface area (Å²) in [5.41, 5.74) is 10.2. The summed E-state index contributed by atoms with van der Waals surface area (Å²) < 4.78 is 12.7. The molecule has 50 heavy (non-hydrogen) atoms. The molecule has 5 nitrogen and oxygen atoms in total. The summed E-state index contributed by atoms with van der Waals surface area (Å²) in [6, 6.07) is 55.7. The van der Waals surface area contributed by atoms with Crippen molar-refractivity contribution < 1.29 is 8.83 Å². The van der Waals surface area contributed by atoms with E-state index in [1.165, 1.54) is 0 Å². The molecular weight excluding hydrogens is 615 g/mol. The molecule has 0 spiro atoms. The van der Waals surface area contributed by atoms with E-state index >= 15 is 0 Å². The molecule has 0 saturated carbocycles. The molecule has 0 fully saturated rings. The molecular formula is C45H27N3O2. The van der Waals surface area contributed by atoms with Crippen LogP contribution in [0.5, 0.6) is 0 Å². The number of furan rings is 2. The van der Waals surface area contributed by atoms with Gasteiger partial charge in [0.1, 0.15) is 22.3 Å². The predicted molar refractivity (Wildman–Crippen MR) is 202 cm³/mol. The highest BCUT2D eigenvalue weighted by molar-refractivity contribution is 6.14. The Morgan fingerprint density at radius 2 is 0.780 bits per heavy atom. The Bertz CT molecular complexity index is 2850. The molecule has 3 aromatic heterocycles. The normalized spacial score (nSPS) is 11.6. The van der Waals surface area contributed by atoms with Gasteiger partial charge in [-0.25, -0.2) is 15.0 Å². The van der Waals surface area contributed by atoms with Crippen molar-refractivity contribution in [2.24, 2.45) is 0 Å². The molecule has 0 saturated heterocycles. The monoisotopic (exact) mass is 641 g/mol. The molecule has 0 atom stereocenters. The molecule has 10 aromatic rings. The Kier molecular flexibility index (Phi) is 6.42. The minimum absolute atomic E-state index is 0.566. The van der Waals surface area contributed by atoms with E-state index in [1.807, 2.05) is 72.8 Å². The fraction of sp³-hybridized carbons (Fsp3) is 0. The van der Waals surface area contributed by atoms with E-state index in [2.05, 4.69) is 91.0 Å². The van der Waals surface area contributed by atoms with Crippen LogP contribution in [0.4, 0.5) is 0 Å². The van der Waals surface area contributed by atoms with E-state index in [-0.39, 0.29) is 0 Å². The van der Waals surface area contributed by atoms with Gasteiger partial charge in [0.05, 0.1) is 0 Å². The molecule has 0 aliphatic carbocycles. The van der Waals surface area contributed by atoms with Crippen LogP contribution >= 0.6 is 0 Å².